The zero-order chi connectivity index (χ0) is 17.4. The van der Waals surface area contributed by atoms with Crippen LogP contribution in [-0.2, 0) is 11.3 Å². The lowest BCUT2D eigenvalue weighted by molar-refractivity contribution is -0.124. The van der Waals surface area contributed by atoms with Gasteiger partial charge in [-0.15, -0.1) is 0 Å². The summed E-state index contributed by atoms with van der Waals surface area (Å²) in [6.07, 6.45) is 8.05. The van der Waals surface area contributed by atoms with E-state index in [1.54, 1.807) is 0 Å². The molecule has 5 heteroatoms. The third kappa shape index (κ3) is 9.13. The lowest BCUT2D eigenvalue weighted by atomic mass is 10.1. The first-order valence-electron chi connectivity index (χ1n) is 9.18. The average molecular weight is 368 g/mol. The second-order valence-electron chi connectivity index (χ2n) is 7.80. The van der Waals surface area contributed by atoms with Gasteiger partial charge >= 0.3 is 0 Å². The van der Waals surface area contributed by atoms with Crippen molar-refractivity contribution in [1.29, 1.82) is 0 Å². The fourth-order valence-electron chi connectivity index (χ4n) is 3.05. The molecule has 1 aliphatic carbocycles. The summed E-state index contributed by atoms with van der Waals surface area (Å²) >= 11 is 0. The highest BCUT2D eigenvalue weighted by Crippen LogP contribution is 2.18. The van der Waals surface area contributed by atoms with Crippen LogP contribution in [0, 0.1) is 0 Å². The first kappa shape index (κ1) is 21.8. The second kappa shape index (κ2) is 10.7. The van der Waals surface area contributed by atoms with Gasteiger partial charge in [-0.05, 0) is 51.3 Å². The first-order chi connectivity index (χ1) is 11.4. The number of nitrogens with one attached hydrogen (secondary N) is 2. The molecule has 0 saturated heterocycles. The normalized spacial score (nSPS) is 15.8. The van der Waals surface area contributed by atoms with Crippen LogP contribution in [0.3, 0.4) is 0 Å². The van der Waals surface area contributed by atoms with Crippen molar-refractivity contribution in [3.05, 3.63) is 29.8 Å². The molecule has 2 rings (SSSR count). The molecule has 4 nitrogen and oxygen atoms in total. The lowest BCUT2D eigenvalue weighted by Gasteiger charge is -2.20. The number of carbonyl (C=O) groups is 1. The molecule has 25 heavy (non-hydrogen) atoms. The van der Waals surface area contributed by atoms with Crippen molar-refractivity contribution in [3.63, 3.8) is 0 Å². The molecule has 0 bridgehead atoms. The summed E-state index contributed by atoms with van der Waals surface area (Å²) in [5, 5.41) is 6.56. The van der Waals surface area contributed by atoms with Crippen molar-refractivity contribution in [2.75, 3.05) is 6.61 Å². The third-order valence-corrected chi connectivity index (χ3v) is 4.26. The fraction of sp³-hybridized carbons (Fsp3) is 0.650. The van der Waals surface area contributed by atoms with Gasteiger partial charge in [-0.2, -0.15) is 0 Å². The number of halogens is 1. The summed E-state index contributed by atoms with van der Waals surface area (Å²) in [5.74, 6) is 0.638. The van der Waals surface area contributed by atoms with Crippen molar-refractivity contribution in [1.82, 2.24) is 10.6 Å². The SMILES string of the molecule is CC(C)(C)NC(=O)COc1ccc(CNC2CCCCCC2)cc1.[Cl-]. The lowest BCUT2D eigenvalue weighted by Crippen LogP contribution is -3.00. The van der Waals surface area contributed by atoms with E-state index in [9.17, 15) is 4.79 Å². The van der Waals surface area contributed by atoms with Gasteiger partial charge in [0, 0.05) is 18.1 Å². The molecule has 2 N–H and O–H groups in total. The van der Waals surface area contributed by atoms with Crippen LogP contribution >= 0.6 is 0 Å². The standard InChI is InChI=1S/C20H32N2O2.ClH/c1-20(2,3)22-19(23)15-24-18-12-10-16(11-13-18)14-21-17-8-6-4-5-7-9-17;/h10-13,17,21H,4-9,14-15H2,1-3H3,(H,22,23);1H/p-1. The van der Waals surface area contributed by atoms with E-state index in [0.29, 0.717) is 6.04 Å². The van der Waals surface area contributed by atoms with Crippen LogP contribution in [-0.4, -0.2) is 24.1 Å². The minimum atomic E-state index is -0.228. The van der Waals surface area contributed by atoms with Gasteiger partial charge in [0.1, 0.15) is 5.75 Å². The number of amides is 1. The van der Waals surface area contributed by atoms with Gasteiger partial charge < -0.3 is 27.8 Å². The molecule has 1 aromatic rings. The first-order valence-corrected chi connectivity index (χ1v) is 9.18. The van der Waals surface area contributed by atoms with E-state index in [2.05, 4.69) is 22.8 Å². The summed E-state index contributed by atoms with van der Waals surface area (Å²) in [4.78, 5) is 11.8. The van der Waals surface area contributed by atoms with E-state index in [1.165, 1.54) is 44.1 Å². The number of hydrogen-bond acceptors (Lipinski definition) is 3. The van der Waals surface area contributed by atoms with E-state index in [0.717, 1.165) is 12.3 Å². The van der Waals surface area contributed by atoms with Gasteiger partial charge in [-0.1, -0.05) is 37.8 Å². The van der Waals surface area contributed by atoms with Crippen molar-refractivity contribution in [2.24, 2.45) is 0 Å². The molecular formula is C20H32ClN2O2-. The largest absolute Gasteiger partial charge is 1.00 e. The number of rotatable bonds is 6. The Balaban J connectivity index is 0.00000312. The van der Waals surface area contributed by atoms with Gasteiger partial charge in [0.05, 0.1) is 0 Å². The van der Waals surface area contributed by atoms with E-state index in [-0.39, 0.29) is 30.5 Å². The second-order valence-corrected chi connectivity index (χ2v) is 7.80. The number of ether oxygens (including phenoxy) is 1. The van der Waals surface area contributed by atoms with Crippen LogP contribution < -0.4 is 27.8 Å². The number of hydrogen-bond donors (Lipinski definition) is 2. The highest BCUT2D eigenvalue weighted by atomic mass is 35.5. The summed E-state index contributed by atoms with van der Waals surface area (Å²) in [5.41, 5.74) is 1.03. The smallest absolute Gasteiger partial charge is 0.258 e. The highest BCUT2D eigenvalue weighted by Gasteiger charge is 2.14. The molecule has 1 saturated carbocycles. The van der Waals surface area contributed by atoms with Gasteiger partial charge in [-0.25, -0.2) is 0 Å². The quantitative estimate of drug-likeness (QED) is 0.731. The molecule has 1 amide bonds. The minimum Gasteiger partial charge on any atom is -1.00 e. The van der Waals surface area contributed by atoms with E-state index in [4.69, 9.17) is 4.74 Å². The van der Waals surface area contributed by atoms with Crippen molar-refractivity contribution in [3.8, 4) is 5.75 Å². The van der Waals surface area contributed by atoms with Crippen LogP contribution in [0.5, 0.6) is 5.75 Å². The van der Waals surface area contributed by atoms with Gasteiger partial charge in [0.2, 0.25) is 0 Å². The predicted octanol–water partition coefficient (Wildman–Crippen LogP) is 0.797. The summed E-state index contributed by atoms with van der Waals surface area (Å²) in [6, 6.07) is 8.68. The molecule has 0 radical (unpaired) electrons. The summed E-state index contributed by atoms with van der Waals surface area (Å²) in [7, 11) is 0. The Morgan fingerprint density at radius 3 is 2.24 bits per heavy atom. The van der Waals surface area contributed by atoms with Crippen LogP contribution in [0.2, 0.25) is 0 Å². The van der Waals surface area contributed by atoms with Crippen molar-refractivity contribution >= 4 is 5.91 Å². The van der Waals surface area contributed by atoms with Crippen molar-refractivity contribution < 1.29 is 21.9 Å². The Morgan fingerprint density at radius 1 is 1.08 bits per heavy atom. The molecular weight excluding hydrogens is 336 g/mol. The molecule has 0 aromatic heterocycles. The van der Waals surface area contributed by atoms with Gasteiger partial charge in [-0.3, -0.25) is 4.79 Å². The third-order valence-electron chi connectivity index (χ3n) is 4.26. The van der Waals surface area contributed by atoms with Crippen LogP contribution in [0.15, 0.2) is 24.3 Å². The van der Waals surface area contributed by atoms with E-state index >= 15 is 0 Å². The molecule has 0 heterocycles. The van der Waals surface area contributed by atoms with Crippen LogP contribution in [0.1, 0.15) is 64.9 Å². The van der Waals surface area contributed by atoms with E-state index < -0.39 is 0 Å². The van der Waals surface area contributed by atoms with Crippen LogP contribution in [0.25, 0.3) is 0 Å². The molecule has 0 atom stereocenters. The minimum absolute atomic E-state index is 0. The highest BCUT2D eigenvalue weighted by molar-refractivity contribution is 5.78. The average Bonchev–Trinajstić information content (AvgIpc) is 2.79. The Kier molecular flexibility index (Phi) is 9.30. The maximum Gasteiger partial charge on any atom is 0.258 e. The molecule has 0 unspecified atom stereocenters. The monoisotopic (exact) mass is 367 g/mol. The Hall–Kier alpha value is -1.26. The summed E-state index contributed by atoms with van der Waals surface area (Å²) < 4.78 is 5.55. The van der Waals surface area contributed by atoms with E-state index in [1.807, 2.05) is 32.9 Å². The molecule has 1 aliphatic rings. The number of carbonyl (C=O) groups excluding carboxylic acids is 1. The summed E-state index contributed by atoms with van der Waals surface area (Å²) in [6.45, 7) is 6.83. The fourth-order valence-corrected chi connectivity index (χ4v) is 3.05. The Labute approximate surface area is 158 Å². The molecule has 1 aromatic carbocycles. The predicted molar refractivity (Wildman–Crippen MR) is 98.2 cm³/mol. The molecule has 142 valence electrons. The topological polar surface area (TPSA) is 50.4 Å². The van der Waals surface area contributed by atoms with Crippen molar-refractivity contribution in [2.45, 2.75) is 77.4 Å². The van der Waals surface area contributed by atoms with Gasteiger partial charge in [0.25, 0.3) is 5.91 Å². The molecule has 0 aliphatic heterocycles. The maximum absolute atomic E-state index is 11.8. The zero-order valence-electron chi connectivity index (χ0n) is 15.7. The zero-order valence-corrected chi connectivity index (χ0v) is 16.5. The van der Waals surface area contributed by atoms with Crippen LogP contribution in [0.4, 0.5) is 0 Å². The Bertz CT molecular complexity index is 503. The maximum atomic E-state index is 11.8. The number of benzene rings is 1. The van der Waals surface area contributed by atoms with Gasteiger partial charge in [0.15, 0.2) is 6.61 Å². The molecule has 1 fully saturated rings. The molecule has 0 spiro atoms. The Morgan fingerprint density at radius 2 is 1.68 bits per heavy atom.